The van der Waals surface area contributed by atoms with E-state index < -0.39 is 10.0 Å². The summed E-state index contributed by atoms with van der Waals surface area (Å²) in [5.41, 5.74) is 6.26. The Labute approximate surface area is 115 Å². The molecule has 108 valence electrons. The lowest BCUT2D eigenvalue weighted by atomic mass is 10.2. The number of nitrogens with one attached hydrogen (secondary N) is 1. The topological polar surface area (TPSA) is 75.4 Å². The van der Waals surface area contributed by atoms with Gasteiger partial charge in [-0.1, -0.05) is 19.1 Å². The van der Waals surface area contributed by atoms with Gasteiger partial charge in [0, 0.05) is 19.6 Å². The van der Waals surface area contributed by atoms with Gasteiger partial charge in [0.25, 0.3) is 0 Å². The van der Waals surface area contributed by atoms with Gasteiger partial charge >= 0.3 is 0 Å². The SMILES string of the molecule is CCNS(=O)(=O)c1ccccc1N(CC)CCCN. The van der Waals surface area contributed by atoms with Crippen LogP contribution in [-0.4, -0.2) is 34.6 Å². The van der Waals surface area contributed by atoms with Crippen molar-refractivity contribution in [1.82, 2.24) is 4.72 Å². The van der Waals surface area contributed by atoms with E-state index in [0.29, 0.717) is 18.0 Å². The second-order valence-electron chi connectivity index (χ2n) is 4.19. The summed E-state index contributed by atoms with van der Waals surface area (Å²) in [6.45, 7) is 6.26. The Morgan fingerprint density at radius 2 is 1.95 bits per heavy atom. The number of para-hydroxylation sites is 1. The molecule has 0 amide bonds. The maximum Gasteiger partial charge on any atom is 0.242 e. The zero-order chi connectivity index (χ0) is 14.3. The third kappa shape index (κ3) is 4.19. The molecule has 0 radical (unpaired) electrons. The van der Waals surface area contributed by atoms with Gasteiger partial charge in [0.05, 0.1) is 5.69 Å². The fraction of sp³-hybridized carbons (Fsp3) is 0.538. The summed E-state index contributed by atoms with van der Waals surface area (Å²) >= 11 is 0. The van der Waals surface area contributed by atoms with Crippen molar-refractivity contribution in [3.05, 3.63) is 24.3 Å². The van der Waals surface area contributed by atoms with E-state index in [-0.39, 0.29) is 0 Å². The van der Waals surface area contributed by atoms with Crippen LogP contribution in [0.15, 0.2) is 29.2 Å². The minimum absolute atomic E-state index is 0.329. The molecule has 0 bridgehead atoms. The molecule has 1 aromatic rings. The number of rotatable bonds is 8. The summed E-state index contributed by atoms with van der Waals surface area (Å²) in [4.78, 5) is 2.37. The summed E-state index contributed by atoms with van der Waals surface area (Å²) in [7, 11) is -3.44. The van der Waals surface area contributed by atoms with Gasteiger partial charge < -0.3 is 10.6 Å². The maximum atomic E-state index is 12.2. The smallest absolute Gasteiger partial charge is 0.242 e. The zero-order valence-electron chi connectivity index (χ0n) is 11.6. The van der Waals surface area contributed by atoms with Crippen LogP contribution in [0.25, 0.3) is 0 Å². The van der Waals surface area contributed by atoms with E-state index in [4.69, 9.17) is 5.73 Å². The lowest BCUT2D eigenvalue weighted by molar-refractivity contribution is 0.583. The number of hydrogen-bond donors (Lipinski definition) is 2. The van der Waals surface area contributed by atoms with Gasteiger partial charge in [-0.05, 0) is 32.0 Å². The lowest BCUT2D eigenvalue weighted by Crippen LogP contribution is -2.30. The summed E-state index contributed by atoms with van der Waals surface area (Å²) in [5, 5.41) is 0. The predicted octanol–water partition coefficient (Wildman–Crippen LogP) is 1.16. The Morgan fingerprint density at radius 1 is 1.26 bits per heavy atom. The van der Waals surface area contributed by atoms with Gasteiger partial charge in [0.15, 0.2) is 0 Å². The van der Waals surface area contributed by atoms with E-state index in [1.165, 1.54) is 0 Å². The molecule has 1 aromatic carbocycles. The van der Waals surface area contributed by atoms with Crippen molar-refractivity contribution >= 4 is 15.7 Å². The van der Waals surface area contributed by atoms with Crippen LogP contribution in [-0.2, 0) is 10.0 Å². The van der Waals surface area contributed by atoms with Crippen LogP contribution in [0.3, 0.4) is 0 Å². The number of nitrogens with two attached hydrogens (primary N) is 1. The van der Waals surface area contributed by atoms with Crippen molar-refractivity contribution in [2.24, 2.45) is 5.73 Å². The summed E-state index contributed by atoms with van der Waals surface area (Å²) in [6.07, 6.45) is 0.837. The lowest BCUT2D eigenvalue weighted by Gasteiger charge is -2.25. The first-order valence-electron chi connectivity index (χ1n) is 6.60. The molecule has 0 aliphatic heterocycles. The Bertz CT molecular complexity index is 488. The number of nitrogens with zero attached hydrogens (tertiary/aromatic N) is 1. The molecule has 19 heavy (non-hydrogen) atoms. The summed E-state index contributed by atoms with van der Waals surface area (Å²) < 4.78 is 26.9. The first-order chi connectivity index (χ1) is 9.06. The van der Waals surface area contributed by atoms with Crippen molar-refractivity contribution in [2.45, 2.75) is 25.2 Å². The first-order valence-corrected chi connectivity index (χ1v) is 8.08. The van der Waals surface area contributed by atoms with Crippen LogP contribution in [0.2, 0.25) is 0 Å². The van der Waals surface area contributed by atoms with Crippen molar-refractivity contribution < 1.29 is 8.42 Å². The van der Waals surface area contributed by atoms with Gasteiger partial charge in [-0.3, -0.25) is 0 Å². The van der Waals surface area contributed by atoms with Crippen LogP contribution in [0.5, 0.6) is 0 Å². The van der Waals surface area contributed by atoms with Crippen LogP contribution in [0.4, 0.5) is 5.69 Å². The second-order valence-corrected chi connectivity index (χ2v) is 5.93. The highest BCUT2D eigenvalue weighted by Gasteiger charge is 2.19. The normalized spacial score (nSPS) is 11.5. The molecule has 6 heteroatoms. The van der Waals surface area contributed by atoms with Gasteiger partial charge in [-0.15, -0.1) is 0 Å². The zero-order valence-corrected chi connectivity index (χ0v) is 12.4. The number of benzene rings is 1. The third-order valence-corrected chi connectivity index (χ3v) is 4.44. The molecule has 1 rings (SSSR count). The second kappa shape index (κ2) is 7.47. The van der Waals surface area contributed by atoms with Crippen molar-refractivity contribution in [3.63, 3.8) is 0 Å². The Kier molecular flexibility index (Phi) is 6.27. The van der Waals surface area contributed by atoms with Gasteiger partial charge in [0.1, 0.15) is 4.90 Å². The maximum absolute atomic E-state index is 12.2. The molecule has 5 nitrogen and oxygen atoms in total. The van der Waals surface area contributed by atoms with Crippen molar-refractivity contribution in [3.8, 4) is 0 Å². The molecule has 0 aliphatic carbocycles. The van der Waals surface area contributed by atoms with E-state index in [2.05, 4.69) is 4.72 Å². The number of hydrogen-bond acceptors (Lipinski definition) is 4. The Hall–Kier alpha value is -1.11. The van der Waals surface area contributed by atoms with Gasteiger partial charge in [-0.2, -0.15) is 0 Å². The molecule has 0 saturated heterocycles. The average Bonchev–Trinajstić information content (AvgIpc) is 2.40. The molecular weight excluding hydrogens is 262 g/mol. The Morgan fingerprint density at radius 3 is 2.53 bits per heavy atom. The highest BCUT2D eigenvalue weighted by Crippen LogP contribution is 2.24. The van der Waals surface area contributed by atoms with Crippen LogP contribution in [0, 0.1) is 0 Å². The van der Waals surface area contributed by atoms with Crippen molar-refractivity contribution in [2.75, 3.05) is 31.1 Å². The summed E-state index contributed by atoms with van der Waals surface area (Å²) in [6, 6.07) is 7.07. The summed E-state index contributed by atoms with van der Waals surface area (Å²) in [5.74, 6) is 0. The molecule has 0 aromatic heterocycles. The fourth-order valence-electron chi connectivity index (χ4n) is 1.94. The minimum Gasteiger partial charge on any atom is -0.371 e. The van der Waals surface area contributed by atoms with Crippen LogP contribution >= 0.6 is 0 Å². The highest BCUT2D eigenvalue weighted by atomic mass is 32.2. The van der Waals surface area contributed by atoms with Gasteiger partial charge in [-0.25, -0.2) is 13.1 Å². The monoisotopic (exact) mass is 285 g/mol. The fourth-order valence-corrected chi connectivity index (χ4v) is 3.21. The molecule has 0 saturated carbocycles. The van der Waals surface area contributed by atoms with E-state index in [1.807, 2.05) is 24.0 Å². The number of anilines is 1. The Balaban J connectivity index is 3.13. The van der Waals surface area contributed by atoms with Crippen LogP contribution in [0.1, 0.15) is 20.3 Å². The molecule has 0 unspecified atom stereocenters. The molecule has 3 N–H and O–H groups in total. The van der Waals surface area contributed by atoms with Crippen molar-refractivity contribution in [1.29, 1.82) is 0 Å². The van der Waals surface area contributed by atoms with E-state index in [1.54, 1.807) is 19.1 Å². The first kappa shape index (κ1) is 15.9. The largest absolute Gasteiger partial charge is 0.371 e. The predicted molar refractivity (Wildman–Crippen MR) is 78.9 cm³/mol. The van der Waals surface area contributed by atoms with E-state index >= 15 is 0 Å². The highest BCUT2D eigenvalue weighted by molar-refractivity contribution is 7.89. The molecular formula is C13H23N3O2S. The number of sulfonamides is 1. The average molecular weight is 285 g/mol. The third-order valence-electron chi connectivity index (χ3n) is 2.84. The minimum atomic E-state index is -3.44. The van der Waals surface area contributed by atoms with Gasteiger partial charge in [0.2, 0.25) is 10.0 Å². The van der Waals surface area contributed by atoms with E-state index in [0.717, 1.165) is 25.2 Å². The van der Waals surface area contributed by atoms with E-state index in [9.17, 15) is 8.42 Å². The molecule has 0 aliphatic rings. The quantitative estimate of drug-likeness (QED) is 0.751. The standard InChI is InChI=1S/C13H23N3O2S/c1-3-15-19(17,18)13-9-6-5-8-12(13)16(4-2)11-7-10-14/h5-6,8-9,15H,3-4,7,10-11,14H2,1-2H3. The van der Waals surface area contributed by atoms with Crippen LogP contribution < -0.4 is 15.4 Å². The molecule has 0 spiro atoms. The molecule has 0 fully saturated rings. The molecule has 0 heterocycles. The molecule has 0 atom stereocenters.